The summed E-state index contributed by atoms with van der Waals surface area (Å²) in [7, 11) is 8.77. The SMILES string of the molecule is CN1c2cc3ccccc3cc2-c2ccccc2-c2ccc3ccccc3c21.CN1c2ccc3ccccc3c2-c2ccccc2-c2c1ccc1ccccc21.CN1c2ccccc2C(C)(C)c2c1c1ccccc1c1ccccc21.CN1c2ccccc2C(C)(C)c2c1ccc1cc3ccccc3cc21. The highest BCUT2D eigenvalue weighted by Gasteiger charge is 2.39. The second-order valence-corrected chi connectivity index (χ2v) is 30.1. The van der Waals surface area contributed by atoms with Crippen molar-refractivity contribution in [2.24, 2.45) is 0 Å². The van der Waals surface area contributed by atoms with Crippen LogP contribution < -0.4 is 19.6 Å². The summed E-state index contributed by atoms with van der Waals surface area (Å²) >= 11 is 0. The molecular formula is C102H80N4. The van der Waals surface area contributed by atoms with Crippen molar-refractivity contribution in [1.29, 1.82) is 0 Å². The van der Waals surface area contributed by atoms with Crippen LogP contribution in [-0.2, 0) is 10.8 Å². The molecule has 4 heteroatoms. The maximum Gasteiger partial charge on any atom is 0.0567 e. The summed E-state index contributed by atoms with van der Waals surface area (Å²) in [5.41, 5.74) is 26.3. The minimum absolute atomic E-state index is 0.0274. The van der Waals surface area contributed by atoms with Crippen molar-refractivity contribution in [2.75, 3.05) is 47.8 Å². The Balaban J connectivity index is 0.0000000969. The fraction of sp³-hybridized carbons (Fsp3) is 0.0980. The van der Waals surface area contributed by atoms with Gasteiger partial charge in [-0.1, -0.05) is 313 Å². The van der Waals surface area contributed by atoms with Crippen LogP contribution in [0.2, 0.25) is 0 Å². The minimum Gasteiger partial charge on any atom is -0.344 e. The van der Waals surface area contributed by atoms with E-state index in [9.17, 15) is 0 Å². The van der Waals surface area contributed by atoms with Gasteiger partial charge in [-0.2, -0.15) is 0 Å². The quantitative estimate of drug-likeness (QED) is 0.111. The standard InChI is InChI=1S/2C27H19N.2C24H21N/c1-28-24-16-14-18-8-2-4-10-20(18)26(24)22-12-6-7-13-23(22)27-21-11-5-3-9-19(21)15-17-25(27)28;1-28-26-17-20-10-3-2-9-19(20)16-25(26)23-13-7-6-12-22(23)24-15-14-18-8-4-5-11-21(18)27(24)28;1-24(2)20-14-8-9-15-21(20)25(3)23-19-13-7-5-11-17(19)16-10-4-6-12-18(16)22(23)24;1-24(2)20-10-6-7-11-21(20)25(3)22-13-12-18-14-16-8-4-5-9-17(16)15-19(18)23(22)24/h2*2-17H,1H3;2*4-15H,1-3H3. The maximum atomic E-state index is 2.38. The molecule has 18 aromatic carbocycles. The predicted octanol–water partition coefficient (Wildman–Crippen LogP) is 27.6. The molecule has 0 unspecified atom stereocenters. The molecule has 22 rings (SSSR count). The van der Waals surface area contributed by atoms with Gasteiger partial charge < -0.3 is 19.6 Å². The molecule has 18 aromatic rings. The largest absolute Gasteiger partial charge is 0.344 e. The van der Waals surface area contributed by atoms with E-state index in [4.69, 9.17) is 0 Å². The molecule has 4 aliphatic rings. The van der Waals surface area contributed by atoms with Crippen LogP contribution >= 0.6 is 0 Å². The van der Waals surface area contributed by atoms with E-state index in [1.807, 2.05) is 0 Å². The highest BCUT2D eigenvalue weighted by atomic mass is 15.1. The fourth-order valence-corrected chi connectivity index (χ4v) is 18.5. The Morgan fingerprint density at radius 1 is 0.189 bits per heavy atom. The van der Waals surface area contributed by atoms with Crippen molar-refractivity contribution >= 4 is 132 Å². The van der Waals surface area contributed by atoms with Gasteiger partial charge in [-0.3, -0.25) is 0 Å². The highest BCUT2D eigenvalue weighted by molar-refractivity contribution is 6.19. The monoisotopic (exact) mass is 1360 g/mol. The zero-order valence-electron chi connectivity index (χ0n) is 61.1. The second-order valence-electron chi connectivity index (χ2n) is 30.1. The van der Waals surface area contributed by atoms with Crippen molar-refractivity contribution in [1.82, 2.24) is 0 Å². The third-order valence-corrected chi connectivity index (χ3v) is 23.6. The zero-order chi connectivity index (χ0) is 71.7. The van der Waals surface area contributed by atoms with Crippen molar-refractivity contribution in [3.05, 3.63) is 362 Å². The molecule has 0 aliphatic carbocycles. The lowest BCUT2D eigenvalue weighted by atomic mass is 9.71. The van der Waals surface area contributed by atoms with Crippen molar-refractivity contribution < 1.29 is 0 Å². The second kappa shape index (κ2) is 25.0. The number of rotatable bonds is 0. The molecule has 0 spiro atoms. The molecule has 0 radical (unpaired) electrons. The lowest BCUT2D eigenvalue weighted by molar-refractivity contribution is 0.636. The molecule has 0 bridgehead atoms. The molecule has 4 nitrogen and oxygen atoms in total. The summed E-state index contributed by atoms with van der Waals surface area (Å²) < 4.78 is 0. The normalized spacial score (nSPS) is 13.7. The lowest BCUT2D eigenvalue weighted by Crippen LogP contribution is -2.31. The van der Waals surface area contributed by atoms with Crippen LogP contribution in [-0.4, -0.2) is 28.2 Å². The van der Waals surface area contributed by atoms with Crippen molar-refractivity contribution in [3.8, 4) is 44.5 Å². The predicted molar refractivity (Wildman–Crippen MR) is 457 cm³/mol. The molecule has 0 amide bonds. The van der Waals surface area contributed by atoms with Crippen molar-refractivity contribution in [3.63, 3.8) is 0 Å². The van der Waals surface area contributed by atoms with Crippen LogP contribution in [0.1, 0.15) is 49.9 Å². The summed E-state index contributed by atoms with van der Waals surface area (Å²) in [6.07, 6.45) is 0. The number of hydrogen-bond donors (Lipinski definition) is 0. The topological polar surface area (TPSA) is 13.0 Å². The first-order valence-corrected chi connectivity index (χ1v) is 37.1. The minimum atomic E-state index is -0.0396. The van der Waals surface area contributed by atoms with E-state index >= 15 is 0 Å². The fourth-order valence-electron chi connectivity index (χ4n) is 18.5. The Bertz CT molecular complexity index is 6500. The third-order valence-electron chi connectivity index (χ3n) is 23.6. The molecule has 0 fully saturated rings. The van der Waals surface area contributed by atoms with Gasteiger partial charge in [-0.05, 0) is 175 Å². The Morgan fingerprint density at radius 2 is 0.557 bits per heavy atom. The first-order valence-electron chi connectivity index (χ1n) is 37.1. The van der Waals surface area contributed by atoms with Gasteiger partial charge in [0.05, 0.1) is 11.4 Å². The van der Waals surface area contributed by atoms with E-state index in [0.717, 1.165) is 0 Å². The number of benzene rings is 18. The average Bonchev–Trinajstić information content (AvgIpc) is 1.03. The highest BCUT2D eigenvalue weighted by Crippen LogP contribution is 2.57. The van der Waals surface area contributed by atoms with E-state index in [1.54, 1.807) is 0 Å². The number of nitrogens with zero attached hydrogens (tertiary/aromatic N) is 4. The molecule has 0 aromatic heterocycles. The Labute approximate surface area is 620 Å². The third kappa shape index (κ3) is 10.0. The number of fused-ring (bicyclic) bond motifs is 29. The molecule has 0 N–H and O–H groups in total. The molecule has 0 atom stereocenters. The van der Waals surface area contributed by atoms with Crippen LogP contribution in [0.15, 0.2) is 340 Å². The number of para-hydroxylation sites is 2. The van der Waals surface area contributed by atoms with Crippen LogP contribution in [0.3, 0.4) is 0 Å². The van der Waals surface area contributed by atoms with Gasteiger partial charge in [-0.25, -0.2) is 0 Å². The molecule has 106 heavy (non-hydrogen) atoms. The maximum absolute atomic E-state index is 2.38. The summed E-state index contributed by atoms with van der Waals surface area (Å²) in [4.78, 5) is 9.44. The van der Waals surface area contributed by atoms with E-state index in [-0.39, 0.29) is 10.8 Å². The van der Waals surface area contributed by atoms with Gasteiger partial charge >= 0.3 is 0 Å². The van der Waals surface area contributed by atoms with Gasteiger partial charge in [0.25, 0.3) is 0 Å². The molecule has 4 heterocycles. The molecular weight excluding hydrogens is 1280 g/mol. The van der Waals surface area contributed by atoms with Crippen LogP contribution in [0.5, 0.6) is 0 Å². The molecule has 0 saturated heterocycles. The summed E-state index contributed by atoms with van der Waals surface area (Å²) in [6, 6.07) is 124. The van der Waals surface area contributed by atoms with Crippen LogP contribution in [0.4, 0.5) is 45.5 Å². The van der Waals surface area contributed by atoms with E-state index in [0.29, 0.717) is 0 Å². The van der Waals surface area contributed by atoms with Gasteiger partial charge in [-0.15, -0.1) is 0 Å². The van der Waals surface area contributed by atoms with Gasteiger partial charge in [0.2, 0.25) is 0 Å². The average molecular weight is 1360 g/mol. The number of anilines is 8. The van der Waals surface area contributed by atoms with Gasteiger partial charge in [0.1, 0.15) is 0 Å². The zero-order valence-corrected chi connectivity index (χ0v) is 61.1. The summed E-state index contributed by atoms with van der Waals surface area (Å²) in [6.45, 7) is 9.43. The van der Waals surface area contributed by atoms with E-state index in [2.05, 4.69) is 415 Å². The Hall–Kier alpha value is -12.8. The molecule has 0 saturated carbocycles. The van der Waals surface area contributed by atoms with Crippen molar-refractivity contribution in [2.45, 2.75) is 38.5 Å². The Morgan fingerprint density at radius 3 is 1.14 bits per heavy atom. The molecule has 508 valence electrons. The van der Waals surface area contributed by atoms with Crippen LogP contribution in [0, 0.1) is 0 Å². The smallest absolute Gasteiger partial charge is 0.0567 e. The van der Waals surface area contributed by atoms with E-state index in [1.165, 1.54) is 198 Å². The van der Waals surface area contributed by atoms with Gasteiger partial charge in [0.15, 0.2) is 0 Å². The first-order chi connectivity index (χ1) is 51.8. The van der Waals surface area contributed by atoms with Gasteiger partial charge in [0, 0.05) is 106 Å². The van der Waals surface area contributed by atoms with E-state index < -0.39 is 0 Å². The first kappa shape index (κ1) is 64.1. The number of hydrogen-bond acceptors (Lipinski definition) is 4. The Kier molecular flexibility index (Phi) is 15.1. The summed E-state index contributed by atoms with van der Waals surface area (Å²) in [5.74, 6) is 0. The molecule has 4 aliphatic heterocycles. The summed E-state index contributed by atoms with van der Waals surface area (Å²) in [5, 5.41) is 20.9. The lowest BCUT2D eigenvalue weighted by Gasteiger charge is -2.42. The van der Waals surface area contributed by atoms with Crippen LogP contribution in [0.25, 0.3) is 131 Å².